The van der Waals surface area contributed by atoms with Crippen LogP contribution in [0.25, 0.3) is 0 Å². The first kappa shape index (κ1) is 9.64. The van der Waals surface area contributed by atoms with E-state index in [1.807, 2.05) is 20.8 Å². The molecule has 0 aliphatic heterocycles. The molecule has 0 bridgehead atoms. The third-order valence-electron chi connectivity index (χ3n) is 1.92. The molecule has 0 fully saturated rings. The Morgan fingerprint density at radius 3 is 2.62 bits per heavy atom. The summed E-state index contributed by atoms with van der Waals surface area (Å²) in [5.41, 5.74) is 8.02. The zero-order chi connectivity index (χ0) is 10.0. The molecule has 13 heavy (non-hydrogen) atoms. The second kappa shape index (κ2) is 3.51. The number of nitrogen functional groups attached to an aromatic ring is 1. The molecule has 0 aromatic carbocycles. The zero-order valence-electron chi connectivity index (χ0n) is 8.13. The molecule has 0 aliphatic rings. The lowest BCUT2D eigenvalue weighted by Crippen LogP contribution is -2.14. The van der Waals surface area contributed by atoms with Gasteiger partial charge in [0.15, 0.2) is 0 Å². The van der Waals surface area contributed by atoms with Gasteiger partial charge in [0.1, 0.15) is 12.0 Å². The molecule has 0 aliphatic carbocycles. The summed E-state index contributed by atoms with van der Waals surface area (Å²) >= 11 is 0. The van der Waals surface area contributed by atoms with Crippen molar-refractivity contribution in [1.82, 2.24) is 9.97 Å². The summed E-state index contributed by atoms with van der Waals surface area (Å²) in [6.07, 6.45) is 1.44. The summed E-state index contributed by atoms with van der Waals surface area (Å²) in [5.74, 6) is 0.136. The predicted octanol–water partition coefficient (Wildman–Crippen LogP) is 1.39. The highest BCUT2D eigenvalue weighted by molar-refractivity contribution is 6.02. The third-order valence-corrected chi connectivity index (χ3v) is 1.92. The topological polar surface area (TPSA) is 75.7 Å². The van der Waals surface area contributed by atoms with E-state index in [0.717, 1.165) is 5.69 Å². The number of rotatable bonds is 2. The van der Waals surface area contributed by atoms with Crippen molar-refractivity contribution in [2.75, 3.05) is 5.73 Å². The van der Waals surface area contributed by atoms with Crippen LogP contribution in [0.5, 0.6) is 0 Å². The van der Waals surface area contributed by atoms with Gasteiger partial charge in [-0.25, -0.2) is 9.97 Å². The molecule has 4 nitrogen and oxygen atoms in total. The van der Waals surface area contributed by atoms with Gasteiger partial charge in [-0.2, -0.15) is 0 Å². The molecule has 3 N–H and O–H groups in total. The Morgan fingerprint density at radius 2 is 2.08 bits per heavy atom. The Hall–Kier alpha value is -1.45. The van der Waals surface area contributed by atoms with Gasteiger partial charge in [0.05, 0.1) is 17.1 Å². The van der Waals surface area contributed by atoms with Crippen molar-refractivity contribution in [3.8, 4) is 0 Å². The molecule has 0 amide bonds. The summed E-state index contributed by atoms with van der Waals surface area (Å²) in [7, 11) is 0. The van der Waals surface area contributed by atoms with E-state index in [-0.39, 0.29) is 5.92 Å². The molecule has 0 saturated carbocycles. The highest BCUT2D eigenvalue weighted by atomic mass is 14.9. The Labute approximate surface area is 77.7 Å². The lowest BCUT2D eigenvalue weighted by atomic mass is 10.0. The van der Waals surface area contributed by atoms with E-state index >= 15 is 0 Å². The standard InChI is InChI=1S/C9H14N4/c1-5(2)7(10)9-8(11)6(3)12-4-13-9/h4-5,10H,11H2,1-3H3. The SMILES string of the molecule is Cc1ncnc(C(=N)C(C)C)c1N. The van der Waals surface area contributed by atoms with Crippen molar-refractivity contribution in [2.24, 2.45) is 5.92 Å². The van der Waals surface area contributed by atoms with E-state index < -0.39 is 0 Å². The summed E-state index contributed by atoms with van der Waals surface area (Å²) in [5, 5.41) is 7.75. The summed E-state index contributed by atoms with van der Waals surface area (Å²) in [6, 6.07) is 0. The normalized spacial score (nSPS) is 10.5. The first-order valence-electron chi connectivity index (χ1n) is 4.20. The van der Waals surface area contributed by atoms with E-state index in [4.69, 9.17) is 11.1 Å². The van der Waals surface area contributed by atoms with Crippen LogP contribution >= 0.6 is 0 Å². The maximum Gasteiger partial charge on any atom is 0.116 e. The summed E-state index contributed by atoms with van der Waals surface area (Å²) < 4.78 is 0. The zero-order valence-corrected chi connectivity index (χ0v) is 8.13. The quantitative estimate of drug-likeness (QED) is 0.672. The highest BCUT2D eigenvalue weighted by Crippen LogP contribution is 2.15. The van der Waals surface area contributed by atoms with Crippen LogP contribution in [0.4, 0.5) is 5.69 Å². The fraction of sp³-hybridized carbons (Fsp3) is 0.444. The molecule has 0 atom stereocenters. The number of aryl methyl sites for hydroxylation is 1. The molecule has 0 spiro atoms. The largest absolute Gasteiger partial charge is 0.395 e. The van der Waals surface area contributed by atoms with Crippen LogP contribution in [-0.2, 0) is 0 Å². The molecule has 1 aromatic heterocycles. The molecule has 0 saturated heterocycles. The van der Waals surface area contributed by atoms with Crippen LogP contribution in [0.15, 0.2) is 6.33 Å². The number of nitrogens with one attached hydrogen (secondary N) is 1. The maximum atomic E-state index is 7.75. The van der Waals surface area contributed by atoms with E-state index in [2.05, 4.69) is 9.97 Å². The number of anilines is 1. The minimum atomic E-state index is 0.136. The van der Waals surface area contributed by atoms with Gasteiger partial charge in [0.2, 0.25) is 0 Å². The van der Waals surface area contributed by atoms with Crippen LogP contribution < -0.4 is 5.73 Å². The van der Waals surface area contributed by atoms with Gasteiger partial charge in [0.25, 0.3) is 0 Å². The van der Waals surface area contributed by atoms with Gasteiger partial charge in [-0.3, -0.25) is 0 Å². The molecule has 1 heterocycles. The Kier molecular flexibility index (Phi) is 2.60. The van der Waals surface area contributed by atoms with Gasteiger partial charge in [0, 0.05) is 0 Å². The van der Waals surface area contributed by atoms with Gasteiger partial charge >= 0.3 is 0 Å². The lowest BCUT2D eigenvalue weighted by molar-refractivity contribution is 0.870. The van der Waals surface area contributed by atoms with E-state index in [1.54, 1.807) is 0 Å². The first-order valence-corrected chi connectivity index (χ1v) is 4.20. The second-order valence-corrected chi connectivity index (χ2v) is 3.29. The van der Waals surface area contributed by atoms with Crippen molar-refractivity contribution < 1.29 is 0 Å². The van der Waals surface area contributed by atoms with Crippen molar-refractivity contribution >= 4 is 11.4 Å². The van der Waals surface area contributed by atoms with Gasteiger partial charge < -0.3 is 11.1 Å². The Morgan fingerprint density at radius 1 is 1.46 bits per heavy atom. The van der Waals surface area contributed by atoms with Crippen molar-refractivity contribution in [3.63, 3.8) is 0 Å². The number of nitrogens with two attached hydrogens (primary N) is 1. The van der Waals surface area contributed by atoms with Crippen molar-refractivity contribution in [3.05, 3.63) is 17.7 Å². The average molecular weight is 178 g/mol. The molecule has 0 radical (unpaired) electrons. The van der Waals surface area contributed by atoms with Crippen molar-refractivity contribution in [1.29, 1.82) is 5.41 Å². The smallest absolute Gasteiger partial charge is 0.116 e. The monoisotopic (exact) mass is 178 g/mol. The number of nitrogens with zero attached hydrogens (tertiary/aromatic N) is 2. The summed E-state index contributed by atoms with van der Waals surface area (Å²) in [4.78, 5) is 7.95. The van der Waals surface area contributed by atoms with Crippen LogP contribution in [0.1, 0.15) is 25.2 Å². The molecular formula is C9H14N4. The number of hydrogen-bond donors (Lipinski definition) is 2. The molecule has 0 unspecified atom stereocenters. The van der Waals surface area contributed by atoms with Crippen LogP contribution in [0.2, 0.25) is 0 Å². The molecular weight excluding hydrogens is 164 g/mol. The van der Waals surface area contributed by atoms with E-state index in [1.165, 1.54) is 6.33 Å². The lowest BCUT2D eigenvalue weighted by Gasteiger charge is -2.09. The van der Waals surface area contributed by atoms with Crippen molar-refractivity contribution in [2.45, 2.75) is 20.8 Å². The fourth-order valence-corrected chi connectivity index (χ4v) is 0.972. The van der Waals surface area contributed by atoms with Gasteiger partial charge in [-0.05, 0) is 12.8 Å². The molecule has 4 heteroatoms. The second-order valence-electron chi connectivity index (χ2n) is 3.29. The Balaban J connectivity index is 3.15. The molecule has 70 valence electrons. The fourth-order valence-electron chi connectivity index (χ4n) is 0.972. The van der Waals surface area contributed by atoms with E-state index in [0.29, 0.717) is 17.1 Å². The molecule has 1 rings (SSSR count). The van der Waals surface area contributed by atoms with Crippen LogP contribution in [0, 0.1) is 18.3 Å². The summed E-state index contributed by atoms with van der Waals surface area (Å²) in [6.45, 7) is 5.70. The predicted molar refractivity (Wildman–Crippen MR) is 52.8 cm³/mol. The van der Waals surface area contributed by atoms with E-state index in [9.17, 15) is 0 Å². The van der Waals surface area contributed by atoms with Crippen LogP contribution in [-0.4, -0.2) is 15.7 Å². The Bertz CT molecular complexity index is 330. The first-order chi connectivity index (χ1) is 6.04. The maximum absolute atomic E-state index is 7.75. The minimum absolute atomic E-state index is 0.136. The third kappa shape index (κ3) is 1.83. The highest BCUT2D eigenvalue weighted by Gasteiger charge is 2.12. The minimum Gasteiger partial charge on any atom is -0.395 e. The van der Waals surface area contributed by atoms with Gasteiger partial charge in [-0.15, -0.1) is 0 Å². The molecule has 1 aromatic rings. The van der Waals surface area contributed by atoms with Gasteiger partial charge in [-0.1, -0.05) is 13.8 Å². The van der Waals surface area contributed by atoms with Crippen LogP contribution in [0.3, 0.4) is 0 Å². The average Bonchev–Trinajstić information content (AvgIpc) is 2.08. The number of aromatic nitrogens is 2. The number of hydrogen-bond acceptors (Lipinski definition) is 4.